The van der Waals surface area contributed by atoms with Crippen LogP contribution in [0.15, 0.2) is 36.4 Å². The number of halogens is 6. The quantitative estimate of drug-likeness (QED) is 0.322. The number of nitrogens with zero attached hydrogens (tertiary/aromatic N) is 2. The lowest BCUT2D eigenvalue weighted by Gasteiger charge is -2.20. The molecule has 1 atom stereocenters. The molecule has 1 aromatic heterocycles. The van der Waals surface area contributed by atoms with Crippen LogP contribution >= 0.6 is 11.6 Å². The summed E-state index contributed by atoms with van der Waals surface area (Å²) in [6.45, 7) is -0.551. The third-order valence-corrected chi connectivity index (χ3v) is 6.80. The highest BCUT2D eigenvalue weighted by Gasteiger charge is 2.40. The molecule has 1 aliphatic heterocycles. The topological polar surface area (TPSA) is 110 Å². The summed E-state index contributed by atoms with van der Waals surface area (Å²) in [6, 6.07) is 4.11. The fraction of sp³-hybridized carbons (Fsp3) is 0.160. The Kier molecular flexibility index (Phi) is 5.91. The maximum atomic E-state index is 15.5. The molecule has 38 heavy (non-hydrogen) atoms. The molecule has 0 spiro atoms. The van der Waals surface area contributed by atoms with Gasteiger partial charge in [0, 0.05) is 34.1 Å². The number of alkyl halides is 3. The average Bonchev–Trinajstić information content (AvgIpc) is 3.34. The van der Waals surface area contributed by atoms with Crippen LogP contribution in [0.2, 0.25) is 5.02 Å². The molecule has 7 nitrogen and oxygen atoms in total. The van der Waals surface area contributed by atoms with E-state index in [2.05, 4.69) is 10.4 Å². The van der Waals surface area contributed by atoms with Crippen molar-refractivity contribution in [1.82, 2.24) is 15.1 Å². The van der Waals surface area contributed by atoms with Crippen molar-refractivity contribution < 1.29 is 36.6 Å². The van der Waals surface area contributed by atoms with Gasteiger partial charge in [-0.2, -0.15) is 18.3 Å². The van der Waals surface area contributed by atoms with E-state index in [1.807, 2.05) is 0 Å². The molecule has 1 aliphatic rings. The predicted molar refractivity (Wildman–Crippen MR) is 126 cm³/mol. The highest BCUT2D eigenvalue weighted by atomic mass is 35.5. The van der Waals surface area contributed by atoms with Gasteiger partial charge in [-0.15, -0.1) is 0 Å². The third kappa shape index (κ3) is 3.87. The monoisotopic (exact) mass is 550 g/mol. The first-order chi connectivity index (χ1) is 17.8. The minimum absolute atomic E-state index is 0.00116. The van der Waals surface area contributed by atoms with Gasteiger partial charge in [0.25, 0.3) is 5.91 Å². The highest BCUT2D eigenvalue weighted by Crippen LogP contribution is 2.46. The molecule has 4 N–H and O–H groups in total. The van der Waals surface area contributed by atoms with Gasteiger partial charge < -0.3 is 16.2 Å². The molecule has 0 saturated carbocycles. The zero-order valence-corrected chi connectivity index (χ0v) is 20.0. The smallest absolute Gasteiger partial charge is 0.390 e. The van der Waals surface area contributed by atoms with Crippen LogP contribution in [0, 0.1) is 11.6 Å². The number of hydrogen-bond donors (Lipinski definition) is 3. The van der Waals surface area contributed by atoms with Crippen LogP contribution in [0.25, 0.3) is 22.0 Å². The SMILES string of the molecule is Cn1nc2c3c(c(-c4c(F)cc(C(F)(F)F)cc4C(N)=O)cc2c1CO)C(c1cc(F)ccc1Cl)NC3=O. The van der Waals surface area contributed by atoms with Crippen LogP contribution in [0.4, 0.5) is 22.0 Å². The van der Waals surface area contributed by atoms with Gasteiger partial charge in [-0.25, -0.2) is 8.78 Å². The molecule has 13 heteroatoms. The van der Waals surface area contributed by atoms with Crippen molar-refractivity contribution in [3.8, 4) is 11.1 Å². The molecule has 196 valence electrons. The Bertz CT molecular complexity index is 1680. The molecule has 0 aliphatic carbocycles. The van der Waals surface area contributed by atoms with Crippen molar-refractivity contribution in [1.29, 1.82) is 0 Å². The van der Waals surface area contributed by atoms with Crippen LogP contribution < -0.4 is 11.1 Å². The summed E-state index contributed by atoms with van der Waals surface area (Å²) in [5.41, 5.74) is 2.63. The molecule has 4 aromatic rings. The van der Waals surface area contributed by atoms with Crippen LogP contribution in [0.3, 0.4) is 0 Å². The number of aliphatic hydroxyl groups excluding tert-OH is 1. The van der Waals surface area contributed by atoms with Gasteiger partial charge in [-0.05, 0) is 42.0 Å². The van der Waals surface area contributed by atoms with Crippen LogP contribution in [0.1, 0.15) is 49.1 Å². The maximum Gasteiger partial charge on any atom is 0.416 e. The van der Waals surface area contributed by atoms with Crippen molar-refractivity contribution in [2.75, 3.05) is 0 Å². The van der Waals surface area contributed by atoms with Crippen molar-refractivity contribution in [2.45, 2.75) is 18.8 Å². The number of fused-ring (bicyclic) bond motifs is 3. The number of aromatic nitrogens is 2. The Morgan fingerprint density at radius 2 is 1.89 bits per heavy atom. The number of aliphatic hydroxyl groups is 1. The third-order valence-electron chi connectivity index (χ3n) is 6.45. The predicted octanol–water partition coefficient (Wildman–Crippen LogP) is 4.61. The lowest BCUT2D eigenvalue weighted by atomic mass is 9.85. The standard InChI is InChI=1S/C25H16ClF5N4O3/c1-35-17(8-36)12-7-13(18-14(23(32)37)4-9(5-16(18)28)25(29,30)31)19-20(22(12)34-35)24(38)33-21(19)11-6-10(27)2-3-15(11)26/h2-7,21,36H,8H2,1H3,(H2,32,37)(H,33,38). The molecular formula is C25H16ClF5N4O3. The maximum absolute atomic E-state index is 15.5. The van der Waals surface area contributed by atoms with E-state index in [1.165, 1.54) is 23.9 Å². The minimum Gasteiger partial charge on any atom is -0.390 e. The number of primary amides is 1. The van der Waals surface area contributed by atoms with Crippen molar-refractivity contribution in [2.24, 2.45) is 12.8 Å². The fourth-order valence-electron chi connectivity index (χ4n) is 4.80. The van der Waals surface area contributed by atoms with E-state index >= 15 is 4.39 Å². The van der Waals surface area contributed by atoms with Crippen LogP contribution in [-0.4, -0.2) is 26.7 Å². The highest BCUT2D eigenvalue weighted by molar-refractivity contribution is 6.31. The molecular weight excluding hydrogens is 535 g/mol. The molecule has 0 saturated heterocycles. The fourth-order valence-corrected chi connectivity index (χ4v) is 5.03. The molecule has 3 aromatic carbocycles. The Hall–Kier alpha value is -4.03. The molecule has 5 rings (SSSR count). The molecule has 2 heterocycles. The Labute approximate surface area is 215 Å². The van der Waals surface area contributed by atoms with Crippen molar-refractivity contribution in [3.05, 3.63) is 86.6 Å². The van der Waals surface area contributed by atoms with Gasteiger partial charge in [-0.3, -0.25) is 14.3 Å². The summed E-state index contributed by atoms with van der Waals surface area (Å²) in [5, 5.41) is 17.1. The van der Waals surface area contributed by atoms with Gasteiger partial charge in [-0.1, -0.05) is 11.6 Å². The molecule has 2 amide bonds. The van der Waals surface area contributed by atoms with Crippen molar-refractivity contribution >= 4 is 34.3 Å². The van der Waals surface area contributed by atoms with Gasteiger partial charge in [0.05, 0.1) is 35.0 Å². The Morgan fingerprint density at radius 1 is 1.18 bits per heavy atom. The number of carbonyl (C=O) groups is 2. The van der Waals surface area contributed by atoms with Crippen LogP contribution in [-0.2, 0) is 19.8 Å². The largest absolute Gasteiger partial charge is 0.416 e. The van der Waals surface area contributed by atoms with E-state index < -0.39 is 59.0 Å². The van der Waals surface area contributed by atoms with Gasteiger partial charge in [0.1, 0.15) is 17.2 Å². The van der Waals surface area contributed by atoms with E-state index in [9.17, 15) is 32.3 Å². The summed E-state index contributed by atoms with van der Waals surface area (Å²) in [5.74, 6) is -4.21. The Balaban J connectivity index is 1.95. The van der Waals surface area contributed by atoms with Gasteiger partial charge in [0.15, 0.2) is 0 Å². The summed E-state index contributed by atoms with van der Waals surface area (Å²) >= 11 is 6.30. The van der Waals surface area contributed by atoms with E-state index in [0.29, 0.717) is 6.07 Å². The molecule has 1 unspecified atom stereocenters. The number of rotatable bonds is 4. The summed E-state index contributed by atoms with van der Waals surface area (Å²) in [7, 11) is 1.49. The molecule has 0 radical (unpaired) electrons. The van der Waals surface area contributed by atoms with E-state index in [0.717, 1.165) is 12.1 Å². The van der Waals surface area contributed by atoms with Crippen molar-refractivity contribution in [3.63, 3.8) is 0 Å². The van der Waals surface area contributed by atoms with E-state index in [1.54, 1.807) is 0 Å². The molecule has 0 fully saturated rings. The Morgan fingerprint density at radius 3 is 2.53 bits per heavy atom. The van der Waals surface area contributed by atoms with Gasteiger partial charge in [0.2, 0.25) is 5.91 Å². The first-order valence-electron chi connectivity index (χ1n) is 10.9. The number of nitrogens with two attached hydrogens (primary N) is 1. The average molecular weight is 551 g/mol. The lowest BCUT2D eigenvalue weighted by Crippen LogP contribution is -2.21. The minimum atomic E-state index is -4.99. The number of aryl methyl sites for hydroxylation is 1. The first-order valence-corrected chi connectivity index (χ1v) is 11.3. The summed E-state index contributed by atoms with van der Waals surface area (Å²) in [4.78, 5) is 25.6. The lowest BCUT2D eigenvalue weighted by molar-refractivity contribution is -0.137. The second-order valence-electron chi connectivity index (χ2n) is 8.65. The zero-order valence-electron chi connectivity index (χ0n) is 19.3. The number of nitrogens with one attached hydrogen (secondary N) is 1. The summed E-state index contributed by atoms with van der Waals surface area (Å²) < 4.78 is 71.3. The number of benzene rings is 3. The summed E-state index contributed by atoms with van der Waals surface area (Å²) in [6.07, 6.45) is -4.99. The van der Waals surface area contributed by atoms with E-state index in [4.69, 9.17) is 17.3 Å². The van der Waals surface area contributed by atoms with Crippen LogP contribution in [0.5, 0.6) is 0 Å². The van der Waals surface area contributed by atoms with Gasteiger partial charge >= 0.3 is 6.18 Å². The number of carbonyl (C=O) groups excluding carboxylic acids is 2. The second kappa shape index (κ2) is 8.77. The molecule has 0 bridgehead atoms. The first kappa shape index (κ1) is 25.6. The normalized spacial score (nSPS) is 15.2. The zero-order chi connectivity index (χ0) is 27.7. The number of hydrogen-bond acceptors (Lipinski definition) is 4. The second-order valence-corrected chi connectivity index (χ2v) is 9.06. The van der Waals surface area contributed by atoms with E-state index in [-0.39, 0.29) is 49.9 Å². The number of amides is 2.